The number of benzene rings is 1. The van der Waals surface area contributed by atoms with E-state index in [2.05, 4.69) is 26.3 Å². The van der Waals surface area contributed by atoms with E-state index in [4.69, 9.17) is 6.42 Å². The summed E-state index contributed by atoms with van der Waals surface area (Å²) in [4.78, 5) is 20.7. The number of aromatic nitrogens is 4. The summed E-state index contributed by atoms with van der Waals surface area (Å²) in [5, 5.41) is 6.91. The lowest BCUT2D eigenvalue weighted by Crippen LogP contribution is -2.14. The number of nitrogens with one attached hydrogen (secondary N) is 1. The van der Waals surface area contributed by atoms with Crippen molar-refractivity contribution in [1.82, 2.24) is 19.6 Å². The van der Waals surface area contributed by atoms with Gasteiger partial charge in [-0.05, 0) is 38.1 Å². The molecule has 1 N–H and O–H groups in total. The van der Waals surface area contributed by atoms with Crippen LogP contribution < -0.4 is 5.32 Å². The zero-order chi connectivity index (χ0) is 15.7. The molecule has 1 amide bonds. The first-order chi connectivity index (χ1) is 10.6. The molecule has 0 saturated heterocycles. The summed E-state index contributed by atoms with van der Waals surface area (Å²) in [6.07, 6.45) is 5.34. The quantitative estimate of drug-likeness (QED) is 0.733. The standard InChI is InChI=1S/C16H13N5O/c1-4-12-6-5-7-13(9-12)18-15(22)14-19-16-17-10(2)8-11(3)21(16)20-14/h1,5-9H,2-3H3,(H,18,22). The van der Waals surface area contributed by atoms with Crippen LogP contribution in [0.25, 0.3) is 5.78 Å². The van der Waals surface area contributed by atoms with Crippen LogP contribution in [0.3, 0.4) is 0 Å². The van der Waals surface area contributed by atoms with E-state index in [1.807, 2.05) is 19.9 Å². The molecule has 0 atom stereocenters. The molecule has 0 fully saturated rings. The Bertz CT molecular complexity index is 920. The summed E-state index contributed by atoms with van der Waals surface area (Å²) >= 11 is 0. The Morgan fingerprint density at radius 1 is 1.27 bits per heavy atom. The molecule has 0 aliphatic heterocycles. The zero-order valence-corrected chi connectivity index (χ0v) is 12.2. The van der Waals surface area contributed by atoms with Crippen molar-refractivity contribution in [2.75, 3.05) is 5.32 Å². The van der Waals surface area contributed by atoms with Gasteiger partial charge in [-0.3, -0.25) is 4.79 Å². The van der Waals surface area contributed by atoms with Crippen LogP contribution >= 0.6 is 0 Å². The summed E-state index contributed by atoms with van der Waals surface area (Å²) < 4.78 is 1.54. The van der Waals surface area contributed by atoms with Gasteiger partial charge in [-0.15, -0.1) is 11.5 Å². The van der Waals surface area contributed by atoms with Gasteiger partial charge in [-0.25, -0.2) is 9.50 Å². The highest BCUT2D eigenvalue weighted by atomic mass is 16.2. The second-order valence-electron chi connectivity index (χ2n) is 4.87. The molecular weight excluding hydrogens is 278 g/mol. The minimum Gasteiger partial charge on any atom is -0.319 e. The molecule has 0 aliphatic rings. The fourth-order valence-corrected chi connectivity index (χ4v) is 2.14. The largest absolute Gasteiger partial charge is 0.319 e. The lowest BCUT2D eigenvalue weighted by Gasteiger charge is -2.02. The van der Waals surface area contributed by atoms with Gasteiger partial charge in [-0.2, -0.15) is 4.98 Å². The number of carbonyl (C=O) groups is 1. The Morgan fingerprint density at radius 2 is 2.09 bits per heavy atom. The van der Waals surface area contributed by atoms with Gasteiger partial charge in [0, 0.05) is 22.6 Å². The van der Waals surface area contributed by atoms with Crippen LogP contribution in [0, 0.1) is 26.2 Å². The minimum absolute atomic E-state index is 0.0623. The predicted octanol–water partition coefficient (Wildman–Crippen LogP) is 1.97. The van der Waals surface area contributed by atoms with Crippen LogP contribution in [0.15, 0.2) is 30.3 Å². The van der Waals surface area contributed by atoms with Crippen LogP contribution in [-0.2, 0) is 0 Å². The summed E-state index contributed by atoms with van der Waals surface area (Å²) in [6.45, 7) is 3.75. The number of terminal acetylenes is 1. The third-order valence-corrected chi connectivity index (χ3v) is 3.11. The van der Waals surface area contributed by atoms with Crippen molar-refractivity contribution in [2.24, 2.45) is 0 Å². The van der Waals surface area contributed by atoms with Gasteiger partial charge < -0.3 is 5.32 Å². The maximum atomic E-state index is 12.3. The first-order valence-corrected chi connectivity index (χ1v) is 6.66. The molecule has 108 valence electrons. The highest BCUT2D eigenvalue weighted by Gasteiger charge is 2.15. The van der Waals surface area contributed by atoms with Crippen molar-refractivity contribution in [2.45, 2.75) is 13.8 Å². The average molecular weight is 291 g/mol. The fourth-order valence-electron chi connectivity index (χ4n) is 2.14. The lowest BCUT2D eigenvalue weighted by atomic mass is 10.2. The van der Waals surface area contributed by atoms with E-state index in [1.165, 1.54) is 0 Å². The molecule has 6 heteroatoms. The molecule has 0 spiro atoms. The third kappa shape index (κ3) is 2.52. The Balaban J connectivity index is 1.92. The minimum atomic E-state index is -0.406. The Morgan fingerprint density at radius 3 is 2.86 bits per heavy atom. The van der Waals surface area contributed by atoms with Crippen molar-refractivity contribution in [3.63, 3.8) is 0 Å². The molecule has 0 saturated carbocycles. The van der Waals surface area contributed by atoms with Gasteiger partial charge in [0.2, 0.25) is 5.82 Å². The van der Waals surface area contributed by atoms with E-state index in [-0.39, 0.29) is 5.82 Å². The van der Waals surface area contributed by atoms with E-state index in [1.54, 1.807) is 28.8 Å². The van der Waals surface area contributed by atoms with Crippen LogP contribution in [0.2, 0.25) is 0 Å². The van der Waals surface area contributed by atoms with Gasteiger partial charge >= 0.3 is 0 Å². The highest BCUT2D eigenvalue weighted by Crippen LogP contribution is 2.11. The van der Waals surface area contributed by atoms with Gasteiger partial charge in [0.1, 0.15) is 0 Å². The van der Waals surface area contributed by atoms with Crippen molar-refractivity contribution in [3.05, 3.63) is 53.1 Å². The molecule has 3 rings (SSSR count). The van der Waals surface area contributed by atoms with E-state index in [9.17, 15) is 4.79 Å². The Labute approximate surface area is 127 Å². The summed E-state index contributed by atoms with van der Waals surface area (Å²) in [7, 11) is 0. The second-order valence-corrected chi connectivity index (χ2v) is 4.87. The topological polar surface area (TPSA) is 72.2 Å². The number of amides is 1. The SMILES string of the molecule is C#Cc1cccc(NC(=O)c2nc3nc(C)cc(C)n3n2)c1. The van der Waals surface area contributed by atoms with Crippen molar-refractivity contribution in [3.8, 4) is 12.3 Å². The number of hydrogen-bond donors (Lipinski definition) is 1. The van der Waals surface area contributed by atoms with Crippen molar-refractivity contribution < 1.29 is 4.79 Å². The number of fused-ring (bicyclic) bond motifs is 1. The average Bonchev–Trinajstić information content (AvgIpc) is 2.92. The predicted molar refractivity (Wildman–Crippen MR) is 82.6 cm³/mol. The van der Waals surface area contributed by atoms with Gasteiger partial charge in [0.25, 0.3) is 11.7 Å². The molecular formula is C16H13N5O. The van der Waals surface area contributed by atoms with Gasteiger partial charge in [0.05, 0.1) is 0 Å². The number of anilines is 1. The molecule has 0 aliphatic carbocycles. The molecule has 22 heavy (non-hydrogen) atoms. The molecule has 3 aromatic rings. The zero-order valence-electron chi connectivity index (χ0n) is 12.2. The maximum absolute atomic E-state index is 12.3. The summed E-state index contributed by atoms with van der Waals surface area (Å²) in [5.74, 6) is 2.58. The van der Waals surface area contributed by atoms with Crippen LogP contribution in [0.4, 0.5) is 5.69 Å². The maximum Gasteiger partial charge on any atom is 0.295 e. The van der Waals surface area contributed by atoms with E-state index < -0.39 is 5.91 Å². The van der Waals surface area contributed by atoms with Crippen LogP contribution in [-0.4, -0.2) is 25.5 Å². The number of rotatable bonds is 2. The molecule has 0 radical (unpaired) electrons. The third-order valence-electron chi connectivity index (χ3n) is 3.11. The molecule has 0 unspecified atom stereocenters. The molecule has 0 bridgehead atoms. The molecule has 2 heterocycles. The molecule has 6 nitrogen and oxygen atoms in total. The number of carbonyl (C=O) groups excluding carboxylic acids is 1. The van der Waals surface area contributed by atoms with E-state index >= 15 is 0 Å². The number of hydrogen-bond acceptors (Lipinski definition) is 4. The lowest BCUT2D eigenvalue weighted by molar-refractivity contribution is 0.101. The smallest absolute Gasteiger partial charge is 0.295 e. The number of aryl methyl sites for hydroxylation is 2. The molecule has 1 aromatic carbocycles. The van der Waals surface area contributed by atoms with E-state index in [0.29, 0.717) is 17.0 Å². The van der Waals surface area contributed by atoms with Crippen LogP contribution in [0.1, 0.15) is 27.6 Å². The monoisotopic (exact) mass is 291 g/mol. The first-order valence-electron chi connectivity index (χ1n) is 6.66. The summed E-state index contributed by atoms with van der Waals surface area (Å²) in [5.41, 5.74) is 2.98. The first kappa shape index (κ1) is 13.8. The summed E-state index contributed by atoms with van der Waals surface area (Å²) in [6, 6.07) is 8.90. The van der Waals surface area contributed by atoms with E-state index in [0.717, 1.165) is 11.4 Å². The number of nitrogens with zero attached hydrogens (tertiary/aromatic N) is 4. The van der Waals surface area contributed by atoms with Crippen molar-refractivity contribution >= 4 is 17.4 Å². The Kier molecular flexibility index (Phi) is 3.31. The fraction of sp³-hybridized carbons (Fsp3) is 0.125. The highest BCUT2D eigenvalue weighted by molar-refractivity contribution is 6.01. The van der Waals surface area contributed by atoms with Crippen molar-refractivity contribution in [1.29, 1.82) is 0 Å². The Hall–Kier alpha value is -3.20. The second kappa shape index (κ2) is 5.30. The van der Waals surface area contributed by atoms with Crippen LogP contribution in [0.5, 0.6) is 0 Å². The van der Waals surface area contributed by atoms with Gasteiger partial charge in [0.15, 0.2) is 0 Å². The molecule has 2 aromatic heterocycles. The normalized spacial score (nSPS) is 10.4. The van der Waals surface area contributed by atoms with Gasteiger partial charge in [-0.1, -0.05) is 12.0 Å².